The monoisotopic (exact) mass is 222 g/mol. The second-order valence-corrected chi connectivity index (χ2v) is 7.19. The molecule has 0 aromatic heterocycles. The van der Waals surface area contributed by atoms with Gasteiger partial charge in [-0.1, -0.05) is 13.8 Å². The molecular formula is C15H26O. The Labute approximate surface area is 99.6 Å². The molecule has 0 aromatic rings. The van der Waals surface area contributed by atoms with Crippen LogP contribution in [0, 0.1) is 29.6 Å². The van der Waals surface area contributed by atoms with Crippen LogP contribution in [0.4, 0.5) is 0 Å². The summed E-state index contributed by atoms with van der Waals surface area (Å²) in [7, 11) is 0. The van der Waals surface area contributed by atoms with Gasteiger partial charge in [0, 0.05) is 0 Å². The van der Waals surface area contributed by atoms with Crippen LogP contribution in [0.5, 0.6) is 0 Å². The van der Waals surface area contributed by atoms with Gasteiger partial charge >= 0.3 is 0 Å². The van der Waals surface area contributed by atoms with Gasteiger partial charge in [-0.15, -0.1) is 0 Å². The first kappa shape index (κ1) is 11.1. The summed E-state index contributed by atoms with van der Waals surface area (Å²) in [4.78, 5) is 0. The lowest BCUT2D eigenvalue weighted by atomic mass is 9.65. The Kier molecular flexibility index (Phi) is 2.58. The van der Waals surface area contributed by atoms with E-state index in [1.165, 1.54) is 38.5 Å². The van der Waals surface area contributed by atoms with Crippen LogP contribution in [-0.2, 0) is 0 Å². The molecule has 0 aromatic carbocycles. The highest BCUT2D eigenvalue weighted by Gasteiger charge is 2.54. The van der Waals surface area contributed by atoms with Crippen molar-refractivity contribution >= 4 is 0 Å². The van der Waals surface area contributed by atoms with Crippen LogP contribution in [0.2, 0.25) is 0 Å². The van der Waals surface area contributed by atoms with Crippen LogP contribution in [0.15, 0.2) is 0 Å². The predicted octanol–water partition coefficient (Wildman–Crippen LogP) is 3.61. The fourth-order valence-electron chi connectivity index (χ4n) is 5.20. The lowest BCUT2D eigenvalue weighted by Crippen LogP contribution is -2.45. The molecule has 16 heavy (non-hydrogen) atoms. The van der Waals surface area contributed by atoms with Crippen LogP contribution in [0.3, 0.4) is 0 Å². The summed E-state index contributed by atoms with van der Waals surface area (Å²) in [5.74, 6) is 3.79. The Morgan fingerprint density at radius 3 is 2.06 bits per heavy atom. The van der Waals surface area contributed by atoms with E-state index in [1.807, 2.05) is 0 Å². The van der Waals surface area contributed by atoms with Gasteiger partial charge in [0.1, 0.15) is 0 Å². The SMILES string of the molecule is CC1CC(C)CC(C2(O)CC3CCC2C3)C1. The molecule has 3 fully saturated rings. The number of fused-ring (bicyclic) bond motifs is 2. The second-order valence-electron chi connectivity index (χ2n) is 7.19. The number of hydrogen-bond acceptors (Lipinski definition) is 1. The van der Waals surface area contributed by atoms with Gasteiger partial charge in [0.2, 0.25) is 0 Å². The Hall–Kier alpha value is -0.0400. The van der Waals surface area contributed by atoms with E-state index in [0.717, 1.165) is 24.2 Å². The maximum Gasteiger partial charge on any atom is 0.0706 e. The van der Waals surface area contributed by atoms with E-state index in [1.54, 1.807) is 0 Å². The molecule has 3 aliphatic rings. The van der Waals surface area contributed by atoms with Crippen LogP contribution in [0.1, 0.15) is 58.8 Å². The van der Waals surface area contributed by atoms with Gasteiger partial charge in [-0.05, 0) is 74.5 Å². The van der Waals surface area contributed by atoms with Gasteiger partial charge in [-0.2, -0.15) is 0 Å². The average Bonchev–Trinajstić information content (AvgIpc) is 2.76. The van der Waals surface area contributed by atoms with Crippen molar-refractivity contribution in [3.8, 4) is 0 Å². The van der Waals surface area contributed by atoms with E-state index >= 15 is 0 Å². The third-order valence-corrected chi connectivity index (χ3v) is 5.75. The standard InChI is InChI=1S/C15H26O/c1-10-5-11(2)7-14(6-10)15(16)9-12-3-4-13(15)8-12/h10-14,16H,3-9H2,1-2H3. The normalized spacial score (nSPS) is 56.8. The van der Waals surface area contributed by atoms with E-state index in [9.17, 15) is 5.11 Å². The molecule has 3 aliphatic carbocycles. The van der Waals surface area contributed by atoms with Crippen molar-refractivity contribution in [1.29, 1.82) is 0 Å². The Morgan fingerprint density at radius 1 is 0.875 bits per heavy atom. The molecular weight excluding hydrogens is 196 g/mol. The lowest BCUT2D eigenvalue weighted by molar-refractivity contribution is -0.0878. The van der Waals surface area contributed by atoms with E-state index in [2.05, 4.69) is 13.8 Å². The van der Waals surface area contributed by atoms with Gasteiger partial charge in [0.25, 0.3) is 0 Å². The molecule has 1 heteroatoms. The third-order valence-electron chi connectivity index (χ3n) is 5.75. The summed E-state index contributed by atoms with van der Waals surface area (Å²) >= 11 is 0. The molecule has 5 unspecified atom stereocenters. The quantitative estimate of drug-likeness (QED) is 0.718. The molecule has 3 rings (SSSR count). The summed E-state index contributed by atoms with van der Waals surface area (Å²) in [6.07, 6.45) is 9.09. The minimum atomic E-state index is -0.258. The Morgan fingerprint density at radius 2 is 1.56 bits per heavy atom. The van der Waals surface area contributed by atoms with Crippen LogP contribution < -0.4 is 0 Å². The molecule has 0 saturated heterocycles. The third kappa shape index (κ3) is 1.63. The van der Waals surface area contributed by atoms with Crippen LogP contribution in [-0.4, -0.2) is 10.7 Å². The molecule has 0 amide bonds. The largest absolute Gasteiger partial charge is 0.389 e. The topological polar surface area (TPSA) is 20.2 Å². The number of hydrogen-bond donors (Lipinski definition) is 1. The smallest absolute Gasteiger partial charge is 0.0706 e. The first-order valence-electron chi connectivity index (χ1n) is 7.30. The first-order chi connectivity index (χ1) is 7.58. The number of aliphatic hydroxyl groups is 1. The number of rotatable bonds is 1. The van der Waals surface area contributed by atoms with Crippen molar-refractivity contribution in [2.24, 2.45) is 29.6 Å². The summed E-state index contributed by atoms with van der Waals surface area (Å²) in [6.45, 7) is 4.75. The van der Waals surface area contributed by atoms with Crippen molar-refractivity contribution in [2.45, 2.75) is 64.4 Å². The van der Waals surface area contributed by atoms with Gasteiger partial charge in [-0.25, -0.2) is 0 Å². The zero-order valence-corrected chi connectivity index (χ0v) is 10.8. The lowest BCUT2D eigenvalue weighted by Gasteiger charge is -2.45. The van der Waals surface area contributed by atoms with Gasteiger partial charge in [0.05, 0.1) is 5.60 Å². The zero-order chi connectivity index (χ0) is 11.3. The van der Waals surface area contributed by atoms with Crippen molar-refractivity contribution < 1.29 is 5.11 Å². The Bertz CT molecular complexity index is 265. The van der Waals surface area contributed by atoms with Crippen molar-refractivity contribution in [1.82, 2.24) is 0 Å². The summed E-state index contributed by atoms with van der Waals surface area (Å²) in [5, 5.41) is 11.0. The summed E-state index contributed by atoms with van der Waals surface area (Å²) < 4.78 is 0. The van der Waals surface area contributed by atoms with Crippen molar-refractivity contribution in [3.63, 3.8) is 0 Å². The fourth-order valence-corrected chi connectivity index (χ4v) is 5.20. The molecule has 0 aliphatic heterocycles. The first-order valence-corrected chi connectivity index (χ1v) is 7.30. The molecule has 2 bridgehead atoms. The molecule has 0 radical (unpaired) electrons. The minimum Gasteiger partial charge on any atom is -0.389 e. The molecule has 5 atom stereocenters. The molecule has 3 saturated carbocycles. The molecule has 0 heterocycles. The molecule has 0 spiro atoms. The van der Waals surface area contributed by atoms with E-state index in [-0.39, 0.29) is 5.60 Å². The average molecular weight is 222 g/mol. The minimum absolute atomic E-state index is 0.258. The molecule has 1 nitrogen and oxygen atoms in total. The van der Waals surface area contributed by atoms with E-state index in [0.29, 0.717) is 11.8 Å². The molecule has 1 N–H and O–H groups in total. The fraction of sp³-hybridized carbons (Fsp3) is 1.00. The van der Waals surface area contributed by atoms with Crippen LogP contribution in [0.25, 0.3) is 0 Å². The van der Waals surface area contributed by atoms with Gasteiger partial charge < -0.3 is 5.11 Å². The van der Waals surface area contributed by atoms with Gasteiger partial charge in [0.15, 0.2) is 0 Å². The maximum absolute atomic E-state index is 11.0. The summed E-state index contributed by atoms with van der Waals surface area (Å²) in [5.41, 5.74) is -0.258. The van der Waals surface area contributed by atoms with E-state index in [4.69, 9.17) is 0 Å². The Balaban J connectivity index is 1.76. The molecule has 92 valence electrons. The predicted molar refractivity (Wildman–Crippen MR) is 66.1 cm³/mol. The van der Waals surface area contributed by atoms with Gasteiger partial charge in [-0.3, -0.25) is 0 Å². The van der Waals surface area contributed by atoms with Crippen LogP contribution >= 0.6 is 0 Å². The maximum atomic E-state index is 11.0. The summed E-state index contributed by atoms with van der Waals surface area (Å²) in [6, 6.07) is 0. The van der Waals surface area contributed by atoms with E-state index < -0.39 is 0 Å². The highest BCUT2D eigenvalue weighted by molar-refractivity contribution is 5.05. The van der Waals surface area contributed by atoms with Crippen molar-refractivity contribution in [2.75, 3.05) is 0 Å². The highest BCUT2D eigenvalue weighted by Crippen LogP contribution is 2.56. The second kappa shape index (κ2) is 3.73. The highest BCUT2D eigenvalue weighted by atomic mass is 16.3. The van der Waals surface area contributed by atoms with Crippen molar-refractivity contribution in [3.05, 3.63) is 0 Å². The zero-order valence-electron chi connectivity index (χ0n) is 10.8.